The van der Waals surface area contributed by atoms with Crippen LogP contribution in [-0.2, 0) is 0 Å². The summed E-state index contributed by atoms with van der Waals surface area (Å²) in [6.07, 6.45) is 1.28. The molecule has 0 saturated heterocycles. The highest BCUT2D eigenvalue weighted by Crippen LogP contribution is 2.09. The molecule has 1 aromatic heterocycles. The molecule has 2 aromatic carbocycles. The van der Waals surface area contributed by atoms with Gasteiger partial charge in [-0.1, -0.05) is 41.7 Å². The number of hydrogen-bond acceptors (Lipinski definition) is 3. The van der Waals surface area contributed by atoms with Crippen LogP contribution in [0.25, 0.3) is 5.69 Å². The normalized spacial score (nSPS) is 9.95. The lowest BCUT2D eigenvalue weighted by atomic mass is 10.1. The molecule has 1 heterocycles. The molecule has 3 rings (SSSR count). The molecule has 0 N–H and O–H groups in total. The summed E-state index contributed by atoms with van der Waals surface area (Å²) in [5, 5.41) is 14.8. The second kappa shape index (κ2) is 5.51. The molecule has 0 atom stereocenters. The number of para-hydroxylation sites is 1. The van der Waals surface area contributed by atoms with E-state index in [1.54, 1.807) is 0 Å². The first-order valence-electron chi connectivity index (χ1n) is 6.46. The molecule has 102 valence electrons. The third kappa shape index (κ3) is 2.93. The maximum Gasteiger partial charge on any atom is 0.254 e. The van der Waals surface area contributed by atoms with Gasteiger partial charge in [-0.25, -0.2) is 0 Å². The number of hydrogen-bond donors (Lipinski definition) is 0. The van der Waals surface area contributed by atoms with Crippen molar-refractivity contribution < 1.29 is 14.3 Å². The van der Waals surface area contributed by atoms with Gasteiger partial charge in [-0.2, -0.15) is 0 Å². The van der Waals surface area contributed by atoms with Crippen molar-refractivity contribution in [2.24, 2.45) is 0 Å². The van der Waals surface area contributed by atoms with Crippen LogP contribution in [0, 0.1) is 18.8 Å². The van der Waals surface area contributed by atoms with Crippen LogP contribution in [0.15, 0.2) is 59.3 Å². The summed E-state index contributed by atoms with van der Waals surface area (Å²) in [5.74, 6) is 5.72. The molecule has 0 radical (unpaired) electrons. The Hall–Kier alpha value is -3.06. The minimum absolute atomic E-state index is 0.490. The molecule has 0 saturated carbocycles. The number of aryl methyl sites for hydroxylation is 1. The maximum absolute atomic E-state index is 11.1. The van der Waals surface area contributed by atoms with Gasteiger partial charge in [0.2, 0.25) is 6.20 Å². The fraction of sp³-hybridized carbons (Fsp3) is 0.0588. The van der Waals surface area contributed by atoms with E-state index in [1.165, 1.54) is 16.4 Å². The molecule has 0 fully saturated rings. The molecule has 3 aromatic rings. The van der Waals surface area contributed by atoms with Gasteiger partial charge in [0, 0.05) is 11.6 Å². The SMILES string of the molecule is Cc1ccc(C#Cc2ccccc2-[n+]2cc([O-])on2)cc1. The molecule has 0 aliphatic carbocycles. The summed E-state index contributed by atoms with van der Waals surface area (Å²) in [6.45, 7) is 2.04. The van der Waals surface area contributed by atoms with Crippen LogP contribution >= 0.6 is 0 Å². The molecule has 4 heteroatoms. The van der Waals surface area contributed by atoms with E-state index in [4.69, 9.17) is 0 Å². The minimum Gasteiger partial charge on any atom is -0.539 e. The van der Waals surface area contributed by atoms with Gasteiger partial charge in [0.15, 0.2) is 0 Å². The van der Waals surface area contributed by atoms with E-state index in [0.29, 0.717) is 5.69 Å². The zero-order chi connectivity index (χ0) is 14.7. The summed E-state index contributed by atoms with van der Waals surface area (Å²) in [5.41, 5.74) is 3.62. The van der Waals surface area contributed by atoms with E-state index in [1.807, 2.05) is 55.5 Å². The van der Waals surface area contributed by atoms with Gasteiger partial charge >= 0.3 is 0 Å². The average molecular weight is 276 g/mol. The van der Waals surface area contributed by atoms with Gasteiger partial charge in [-0.15, -0.1) is 0 Å². The fourth-order valence-electron chi connectivity index (χ4n) is 1.90. The first kappa shape index (κ1) is 12.9. The van der Waals surface area contributed by atoms with Crippen LogP contribution in [0.2, 0.25) is 0 Å². The Bertz CT molecular complexity index is 824. The van der Waals surface area contributed by atoms with Crippen LogP contribution in [0.1, 0.15) is 16.7 Å². The van der Waals surface area contributed by atoms with Crippen molar-refractivity contribution in [3.8, 4) is 23.5 Å². The van der Waals surface area contributed by atoms with Crippen molar-refractivity contribution in [2.45, 2.75) is 6.92 Å². The smallest absolute Gasteiger partial charge is 0.254 e. The third-order valence-corrected chi connectivity index (χ3v) is 2.99. The number of nitrogens with zero attached hydrogens (tertiary/aromatic N) is 2. The first-order chi connectivity index (χ1) is 10.2. The Morgan fingerprint density at radius 2 is 1.81 bits per heavy atom. The second-order valence-corrected chi connectivity index (χ2v) is 4.60. The molecule has 0 unspecified atom stereocenters. The summed E-state index contributed by atoms with van der Waals surface area (Å²) in [4.78, 5) is 0. The molecule has 0 bridgehead atoms. The predicted molar refractivity (Wildman–Crippen MR) is 74.6 cm³/mol. The van der Waals surface area contributed by atoms with Crippen LogP contribution in [0.5, 0.6) is 5.95 Å². The third-order valence-electron chi connectivity index (χ3n) is 2.99. The largest absolute Gasteiger partial charge is 0.539 e. The van der Waals surface area contributed by atoms with Crippen molar-refractivity contribution in [3.63, 3.8) is 0 Å². The summed E-state index contributed by atoms with van der Waals surface area (Å²) >= 11 is 0. The standard InChI is InChI=1S/C17H12N2O2/c1-13-6-8-14(9-7-13)10-11-15-4-2-3-5-16(15)19-12-17(20)21-18-19/h2-9,12H,1H3. The zero-order valence-corrected chi connectivity index (χ0v) is 11.4. The Labute approximate surface area is 122 Å². The Balaban J connectivity index is 1.99. The van der Waals surface area contributed by atoms with Crippen LogP contribution in [0.3, 0.4) is 0 Å². The van der Waals surface area contributed by atoms with E-state index in [2.05, 4.69) is 21.6 Å². The number of aromatic nitrogens is 2. The quantitative estimate of drug-likeness (QED) is 0.502. The van der Waals surface area contributed by atoms with Crippen LogP contribution in [0.4, 0.5) is 0 Å². The lowest BCUT2D eigenvalue weighted by Crippen LogP contribution is -2.32. The van der Waals surface area contributed by atoms with Gasteiger partial charge in [0.05, 0.1) is 10.8 Å². The van der Waals surface area contributed by atoms with E-state index < -0.39 is 5.95 Å². The highest BCUT2D eigenvalue weighted by molar-refractivity contribution is 5.49. The Kier molecular flexibility index (Phi) is 3.40. The van der Waals surface area contributed by atoms with Gasteiger partial charge < -0.3 is 9.63 Å². The van der Waals surface area contributed by atoms with E-state index in [0.717, 1.165) is 11.1 Å². The van der Waals surface area contributed by atoms with E-state index in [-0.39, 0.29) is 0 Å². The zero-order valence-electron chi connectivity index (χ0n) is 11.4. The number of rotatable bonds is 1. The molecular formula is C17H12N2O2. The second-order valence-electron chi connectivity index (χ2n) is 4.60. The van der Waals surface area contributed by atoms with Gasteiger partial charge in [-0.05, 0) is 29.8 Å². The van der Waals surface area contributed by atoms with Gasteiger partial charge in [0.1, 0.15) is 5.95 Å². The molecule has 21 heavy (non-hydrogen) atoms. The van der Waals surface area contributed by atoms with E-state index in [9.17, 15) is 5.11 Å². The van der Waals surface area contributed by atoms with Crippen LogP contribution < -0.4 is 9.79 Å². The molecule has 0 amide bonds. The molecule has 0 spiro atoms. The summed E-state index contributed by atoms with van der Waals surface area (Å²) in [7, 11) is 0. The van der Waals surface area contributed by atoms with Crippen molar-refractivity contribution in [1.29, 1.82) is 0 Å². The van der Waals surface area contributed by atoms with E-state index >= 15 is 0 Å². The number of benzene rings is 2. The van der Waals surface area contributed by atoms with Gasteiger partial charge in [-0.3, -0.25) is 0 Å². The minimum atomic E-state index is -0.490. The van der Waals surface area contributed by atoms with Crippen molar-refractivity contribution in [3.05, 3.63) is 71.4 Å². The molecule has 4 nitrogen and oxygen atoms in total. The molecule has 0 aliphatic heterocycles. The highest BCUT2D eigenvalue weighted by atomic mass is 16.6. The van der Waals surface area contributed by atoms with Crippen molar-refractivity contribution >= 4 is 0 Å². The van der Waals surface area contributed by atoms with Crippen molar-refractivity contribution in [1.82, 2.24) is 5.27 Å². The molecule has 0 aliphatic rings. The molecular weight excluding hydrogens is 264 g/mol. The summed E-state index contributed by atoms with van der Waals surface area (Å²) < 4.78 is 5.95. The lowest BCUT2D eigenvalue weighted by molar-refractivity contribution is -0.670. The van der Waals surface area contributed by atoms with Gasteiger partial charge in [0.25, 0.3) is 5.69 Å². The first-order valence-corrected chi connectivity index (χ1v) is 6.46. The Morgan fingerprint density at radius 1 is 1.05 bits per heavy atom. The maximum atomic E-state index is 11.1. The average Bonchev–Trinajstić information content (AvgIpc) is 2.93. The topological polar surface area (TPSA) is 53.0 Å². The highest BCUT2D eigenvalue weighted by Gasteiger charge is 2.13. The fourth-order valence-corrected chi connectivity index (χ4v) is 1.90. The predicted octanol–water partition coefficient (Wildman–Crippen LogP) is 1.73. The van der Waals surface area contributed by atoms with Crippen molar-refractivity contribution in [2.75, 3.05) is 0 Å². The summed E-state index contributed by atoms with van der Waals surface area (Å²) in [6, 6.07) is 15.5. The monoisotopic (exact) mass is 276 g/mol. The lowest BCUT2D eigenvalue weighted by Gasteiger charge is -1.94. The van der Waals surface area contributed by atoms with Crippen LogP contribution in [-0.4, -0.2) is 5.27 Å². The Morgan fingerprint density at radius 3 is 2.52 bits per heavy atom.